The summed E-state index contributed by atoms with van der Waals surface area (Å²) in [5.41, 5.74) is 4.75. The Balaban J connectivity index is 3.20. The van der Waals surface area contributed by atoms with E-state index in [2.05, 4.69) is 0 Å². The summed E-state index contributed by atoms with van der Waals surface area (Å²) in [6.07, 6.45) is -1.31. The van der Waals surface area contributed by atoms with Crippen LogP contribution in [0.4, 0.5) is 13.2 Å². The molecule has 0 aromatic heterocycles. The van der Waals surface area contributed by atoms with Gasteiger partial charge in [-0.1, -0.05) is 0 Å². The second-order valence-electron chi connectivity index (χ2n) is 2.87. The van der Waals surface area contributed by atoms with Crippen molar-refractivity contribution >= 4 is 0 Å². The summed E-state index contributed by atoms with van der Waals surface area (Å²) >= 11 is 0. The van der Waals surface area contributed by atoms with Crippen LogP contribution in [-0.4, -0.2) is 11.7 Å². The summed E-state index contributed by atoms with van der Waals surface area (Å²) in [6, 6.07) is 1.82. The fourth-order valence-corrected chi connectivity index (χ4v) is 1.12. The highest BCUT2D eigenvalue weighted by atomic mass is 19.2. The maximum atomic E-state index is 13.0. The molecular formula is C9H10F3NO. The minimum atomic E-state index is -1.31. The van der Waals surface area contributed by atoms with E-state index in [4.69, 9.17) is 5.73 Å². The first-order chi connectivity index (χ1) is 6.60. The van der Waals surface area contributed by atoms with Crippen molar-refractivity contribution in [2.24, 2.45) is 5.73 Å². The van der Waals surface area contributed by atoms with Crippen LogP contribution in [0.3, 0.4) is 0 Å². The van der Waals surface area contributed by atoms with Gasteiger partial charge in [-0.05, 0) is 17.7 Å². The van der Waals surface area contributed by atoms with Gasteiger partial charge in [0.1, 0.15) is 6.67 Å². The van der Waals surface area contributed by atoms with Gasteiger partial charge >= 0.3 is 0 Å². The Labute approximate surface area is 79.2 Å². The molecule has 1 unspecified atom stereocenters. The fraction of sp³-hybridized carbons (Fsp3) is 0.333. The van der Waals surface area contributed by atoms with E-state index in [1.165, 1.54) is 0 Å². The third kappa shape index (κ3) is 2.05. The second-order valence-corrected chi connectivity index (χ2v) is 2.87. The molecule has 0 heterocycles. The van der Waals surface area contributed by atoms with Crippen molar-refractivity contribution in [2.45, 2.75) is 12.8 Å². The molecule has 0 saturated carbocycles. The number of hydrogen-bond donors (Lipinski definition) is 2. The van der Waals surface area contributed by atoms with Gasteiger partial charge in [-0.3, -0.25) is 0 Å². The van der Waals surface area contributed by atoms with Crippen LogP contribution in [0.2, 0.25) is 0 Å². The predicted octanol–water partition coefficient (Wildman–Crippen LogP) is 1.43. The largest absolute Gasteiger partial charge is 0.387 e. The Morgan fingerprint density at radius 1 is 1.36 bits per heavy atom. The Hall–Kier alpha value is -1.07. The molecule has 5 heteroatoms. The lowest BCUT2D eigenvalue weighted by molar-refractivity contribution is 0.180. The fourth-order valence-electron chi connectivity index (χ4n) is 1.12. The molecule has 78 valence electrons. The second kappa shape index (κ2) is 4.43. The van der Waals surface area contributed by atoms with Crippen molar-refractivity contribution in [3.63, 3.8) is 0 Å². The first-order valence-electron chi connectivity index (χ1n) is 4.02. The van der Waals surface area contributed by atoms with E-state index in [0.29, 0.717) is 0 Å². The van der Waals surface area contributed by atoms with Crippen molar-refractivity contribution in [1.29, 1.82) is 0 Å². The Kier molecular flexibility index (Phi) is 3.49. The zero-order valence-electron chi connectivity index (χ0n) is 7.30. The zero-order chi connectivity index (χ0) is 10.7. The highest BCUT2D eigenvalue weighted by molar-refractivity contribution is 5.27. The summed E-state index contributed by atoms with van der Waals surface area (Å²) in [5, 5.41) is 9.20. The summed E-state index contributed by atoms with van der Waals surface area (Å²) in [5.74, 6) is -2.36. The van der Waals surface area contributed by atoms with Crippen molar-refractivity contribution in [3.05, 3.63) is 34.9 Å². The average molecular weight is 205 g/mol. The van der Waals surface area contributed by atoms with Gasteiger partial charge in [0, 0.05) is 12.1 Å². The van der Waals surface area contributed by atoms with Gasteiger partial charge in [0.05, 0.1) is 6.10 Å². The van der Waals surface area contributed by atoms with Gasteiger partial charge in [-0.2, -0.15) is 0 Å². The predicted molar refractivity (Wildman–Crippen MR) is 45.2 cm³/mol. The van der Waals surface area contributed by atoms with Crippen molar-refractivity contribution in [3.8, 4) is 0 Å². The Morgan fingerprint density at radius 2 is 2.00 bits per heavy atom. The summed E-state index contributed by atoms with van der Waals surface area (Å²) in [6.45, 7) is -1.16. The van der Waals surface area contributed by atoms with Crippen LogP contribution in [0.25, 0.3) is 0 Å². The third-order valence-corrected chi connectivity index (χ3v) is 1.85. The highest BCUT2D eigenvalue weighted by Crippen LogP contribution is 2.21. The molecule has 0 saturated heterocycles. The number of halogens is 3. The average Bonchev–Trinajstić information content (AvgIpc) is 2.20. The molecule has 0 amide bonds. The first-order valence-corrected chi connectivity index (χ1v) is 4.02. The number of aliphatic hydroxyl groups excluding tert-OH is 1. The van der Waals surface area contributed by atoms with Crippen LogP contribution in [-0.2, 0) is 6.67 Å². The van der Waals surface area contributed by atoms with Crippen molar-refractivity contribution in [1.82, 2.24) is 0 Å². The molecule has 2 nitrogen and oxygen atoms in total. The molecule has 0 bridgehead atoms. The van der Waals surface area contributed by atoms with Crippen LogP contribution in [0, 0.1) is 11.6 Å². The van der Waals surface area contributed by atoms with Crippen LogP contribution in [0.1, 0.15) is 17.2 Å². The van der Waals surface area contributed by atoms with Gasteiger partial charge in [-0.25, -0.2) is 13.2 Å². The lowest BCUT2D eigenvalue weighted by Crippen LogP contribution is -2.14. The molecule has 1 aromatic rings. The van der Waals surface area contributed by atoms with Gasteiger partial charge in [0.15, 0.2) is 11.6 Å². The van der Waals surface area contributed by atoms with Gasteiger partial charge < -0.3 is 10.8 Å². The molecule has 0 radical (unpaired) electrons. The molecule has 0 spiro atoms. The van der Waals surface area contributed by atoms with Crippen molar-refractivity contribution in [2.75, 3.05) is 6.54 Å². The molecule has 0 aliphatic heterocycles. The van der Waals surface area contributed by atoms with Gasteiger partial charge in [-0.15, -0.1) is 0 Å². The SMILES string of the molecule is NCC(O)c1cc(CF)cc(F)c1F. The minimum Gasteiger partial charge on any atom is -0.387 e. The maximum Gasteiger partial charge on any atom is 0.164 e. The first kappa shape index (κ1) is 11.0. The monoisotopic (exact) mass is 205 g/mol. The number of rotatable bonds is 3. The van der Waals surface area contributed by atoms with E-state index >= 15 is 0 Å². The van der Waals surface area contributed by atoms with E-state index in [1.54, 1.807) is 0 Å². The molecule has 1 atom stereocenters. The zero-order valence-corrected chi connectivity index (χ0v) is 7.30. The van der Waals surface area contributed by atoms with Crippen LogP contribution < -0.4 is 5.73 Å². The van der Waals surface area contributed by atoms with Crippen LogP contribution >= 0.6 is 0 Å². The maximum absolute atomic E-state index is 13.0. The lowest BCUT2D eigenvalue weighted by atomic mass is 10.1. The number of nitrogens with two attached hydrogens (primary N) is 1. The molecular weight excluding hydrogens is 195 g/mol. The minimum absolute atomic E-state index is 0.0219. The number of hydrogen-bond acceptors (Lipinski definition) is 2. The summed E-state index contributed by atoms with van der Waals surface area (Å²) < 4.78 is 38.1. The van der Waals surface area contributed by atoms with Crippen LogP contribution in [0.5, 0.6) is 0 Å². The van der Waals surface area contributed by atoms with E-state index < -0.39 is 24.4 Å². The summed E-state index contributed by atoms with van der Waals surface area (Å²) in [4.78, 5) is 0. The molecule has 1 aromatic carbocycles. The Morgan fingerprint density at radius 3 is 2.50 bits per heavy atom. The van der Waals surface area contributed by atoms with Gasteiger partial charge in [0.25, 0.3) is 0 Å². The lowest BCUT2D eigenvalue weighted by Gasteiger charge is -2.10. The highest BCUT2D eigenvalue weighted by Gasteiger charge is 2.16. The molecule has 0 aliphatic rings. The van der Waals surface area contributed by atoms with E-state index in [1.807, 2.05) is 0 Å². The number of benzene rings is 1. The normalized spacial score (nSPS) is 12.9. The van der Waals surface area contributed by atoms with E-state index in [0.717, 1.165) is 12.1 Å². The standard InChI is InChI=1S/C9H10F3NO/c10-3-5-1-6(8(14)4-13)9(12)7(11)2-5/h1-2,8,14H,3-4,13H2. The third-order valence-electron chi connectivity index (χ3n) is 1.85. The topological polar surface area (TPSA) is 46.2 Å². The number of aliphatic hydroxyl groups is 1. The van der Waals surface area contributed by atoms with Gasteiger partial charge in [0.2, 0.25) is 0 Å². The molecule has 1 rings (SSSR count). The molecule has 3 N–H and O–H groups in total. The molecule has 0 aliphatic carbocycles. The smallest absolute Gasteiger partial charge is 0.164 e. The van der Waals surface area contributed by atoms with Crippen LogP contribution in [0.15, 0.2) is 12.1 Å². The van der Waals surface area contributed by atoms with Crippen molar-refractivity contribution < 1.29 is 18.3 Å². The van der Waals surface area contributed by atoms with E-state index in [-0.39, 0.29) is 17.7 Å². The Bertz CT molecular complexity index is 330. The molecule has 0 fully saturated rings. The van der Waals surface area contributed by atoms with E-state index in [9.17, 15) is 18.3 Å². The quantitative estimate of drug-likeness (QED) is 0.784. The number of alkyl halides is 1. The molecule has 14 heavy (non-hydrogen) atoms. The summed E-state index contributed by atoms with van der Waals surface area (Å²) in [7, 11) is 0.